The van der Waals surface area contributed by atoms with Gasteiger partial charge in [0.1, 0.15) is 16.9 Å². The van der Waals surface area contributed by atoms with Crippen molar-refractivity contribution in [3.8, 4) is 11.6 Å². The predicted octanol–water partition coefficient (Wildman–Crippen LogP) is 4.23. The van der Waals surface area contributed by atoms with E-state index in [1.807, 2.05) is 36.1 Å². The average Bonchev–Trinajstić information content (AvgIpc) is 3.15. The number of nitrogens with one attached hydrogen (secondary N) is 1. The van der Waals surface area contributed by atoms with Crippen molar-refractivity contribution in [2.75, 3.05) is 24.6 Å². The van der Waals surface area contributed by atoms with E-state index in [-0.39, 0.29) is 29.0 Å². The Morgan fingerprint density at radius 2 is 2.07 bits per heavy atom. The second-order valence-corrected chi connectivity index (χ2v) is 7.50. The van der Waals surface area contributed by atoms with Crippen LogP contribution in [0.2, 0.25) is 5.02 Å². The Hall–Kier alpha value is -2.61. The maximum absolute atomic E-state index is 12.4. The van der Waals surface area contributed by atoms with E-state index in [9.17, 15) is 13.6 Å². The molecule has 1 aliphatic heterocycles. The number of alkyl halides is 2. The van der Waals surface area contributed by atoms with Crippen LogP contribution in [0.3, 0.4) is 0 Å². The number of hydrogen-bond donors (Lipinski definition) is 1. The third kappa shape index (κ3) is 5.72. The summed E-state index contributed by atoms with van der Waals surface area (Å²) in [6, 6.07) is 9.27. The van der Waals surface area contributed by atoms with Crippen molar-refractivity contribution in [2.45, 2.75) is 38.8 Å². The zero-order chi connectivity index (χ0) is 21.7. The van der Waals surface area contributed by atoms with Crippen molar-refractivity contribution in [3.05, 3.63) is 47.1 Å². The number of carbonyl (C=O) groups excluding carboxylic acids is 1. The van der Waals surface area contributed by atoms with Crippen LogP contribution < -0.4 is 19.7 Å². The summed E-state index contributed by atoms with van der Waals surface area (Å²) in [6.07, 6.45) is -0.358. The topological polar surface area (TPSA) is 63.7 Å². The summed E-state index contributed by atoms with van der Waals surface area (Å²) in [5, 5.41) is 3.06. The minimum absolute atomic E-state index is 0.00251. The molecule has 0 aliphatic carbocycles. The van der Waals surface area contributed by atoms with Gasteiger partial charge in [-0.25, -0.2) is 13.8 Å². The zero-order valence-corrected chi connectivity index (χ0v) is 17.5. The third-order valence-corrected chi connectivity index (χ3v) is 5.13. The van der Waals surface area contributed by atoms with Gasteiger partial charge >= 0.3 is 0 Å². The molecule has 2 atom stereocenters. The van der Waals surface area contributed by atoms with Crippen LogP contribution in [0, 0.1) is 0 Å². The summed E-state index contributed by atoms with van der Waals surface area (Å²) in [4.78, 5) is 17.2. The van der Waals surface area contributed by atoms with Crippen molar-refractivity contribution in [1.82, 2.24) is 10.3 Å². The molecule has 0 bridgehead atoms. The second kappa shape index (κ2) is 9.93. The molecule has 0 saturated carbocycles. The molecule has 1 aliphatic rings. The first kappa shape index (κ1) is 22.1. The van der Waals surface area contributed by atoms with Crippen molar-refractivity contribution >= 4 is 23.2 Å². The largest absolute Gasteiger partial charge is 0.489 e. The van der Waals surface area contributed by atoms with Gasteiger partial charge < -0.3 is 19.7 Å². The number of halogens is 3. The van der Waals surface area contributed by atoms with Crippen LogP contribution in [0.4, 0.5) is 14.5 Å². The number of aromatic nitrogens is 1. The number of benzene rings is 1. The summed E-state index contributed by atoms with van der Waals surface area (Å²) in [5.74, 6) is 0.663. The molecule has 1 unspecified atom stereocenters. The van der Waals surface area contributed by atoms with Gasteiger partial charge in [0, 0.05) is 26.1 Å². The summed E-state index contributed by atoms with van der Waals surface area (Å²) >= 11 is 6.32. The molecular weight excluding hydrogens is 416 g/mol. The SMILES string of the molecule is CC(=O)NC(C)c1ccc(O[C@@H]2CCN(c3ccnc(OCC(F)F)c3Cl)C2)cc1. The highest BCUT2D eigenvalue weighted by Crippen LogP contribution is 2.35. The molecule has 1 fully saturated rings. The molecule has 1 N–H and O–H groups in total. The minimum atomic E-state index is -2.59. The molecule has 1 aromatic carbocycles. The fourth-order valence-corrected chi connectivity index (χ4v) is 3.65. The number of ether oxygens (including phenoxy) is 2. The lowest BCUT2D eigenvalue weighted by molar-refractivity contribution is -0.119. The Kier molecular flexibility index (Phi) is 7.31. The second-order valence-electron chi connectivity index (χ2n) is 7.12. The summed E-state index contributed by atoms with van der Waals surface area (Å²) in [5.41, 5.74) is 1.67. The van der Waals surface area contributed by atoms with Crippen LogP contribution in [0.25, 0.3) is 0 Å². The van der Waals surface area contributed by atoms with Crippen LogP contribution in [0.5, 0.6) is 11.6 Å². The molecule has 30 heavy (non-hydrogen) atoms. The molecule has 162 valence electrons. The highest BCUT2D eigenvalue weighted by molar-refractivity contribution is 6.34. The Bertz CT molecular complexity index is 867. The Morgan fingerprint density at radius 1 is 1.33 bits per heavy atom. The fourth-order valence-electron chi connectivity index (χ4n) is 3.36. The molecular formula is C21H24ClF2N3O3. The molecule has 0 radical (unpaired) electrons. The summed E-state index contributed by atoms with van der Waals surface area (Å²) in [7, 11) is 0. The van der Waals surface area contributed by atoms with E-state index in [2.05, 4.69) is 10.3 Å². The third-order valence-electron chi connectivity index (χ3n) is 4.77. The highest BCUT2D eigenvalue weighted by atomic mass is 35.5. The van der Waals surface area contributed by atoms with E-state index in [0.29, 0.717) is 18.8 Å². The van der Waals surface area contributed by atoms with Crippen molar-refractivity contribution < 1.29 is 23.0 Å². The minimum Gasteiger partial charge on any atom is -0.489 e. The molecule has 2 heterocycles. The van der Waals surface area contributed by atoms with E-state index in [1.165, 1.54) is 13.1 Å². The van der Waals surface area contributed by atoms with E-state index < -0.39 is 13.0 Å². The van der Waals surface area contributed by atoms with Crippen molar-refractivity contribution in [3.63, 3.8) is 0 Å². The summed E-state index contributed by atoms with van der Waals surface area (Å²) in [6.45, 7) is 3.97. The van der Waals surface area contributed by atoms with Gasteiger partial charge in [0.25, 0.3) is 6.43 Å². The lowest BCUT2D eigenvalue weighted by Gasteiger charge is -2.21. The molecule has 1 amide bonds. The first-order valence-electron chi connectivity index (χ1n) is 9.67. The van der Waals surface area contributed by atoms with Gasteiger partial charge in [-0.05, 0) is 30.7 Å². The average molecular weight is 440 g/mol. The van der Waals surface area contributed by atoms with Gasteiger partial charge in [-0.3, -0.25) is 4.79 Å². The van der Waals surface area contributed by atoms with Crippen molar-refractivity contribution in [1.29, 1.82) is 0 Å². The smallest absolute Gasteiger partial charge is 0.272 e. The van der Waals surface area contributed by atoms with E-state index in [0.717, 1.165) is 17.7 Å². The Labute approximate surface area is 179 Å². The molecule has 0 spiro atoms. The fraction of sp³-hybridized carbons (Fsp3) is 0.429. The predicted molar refractivity (Wildman–Crippen MR) is 111 cm³/mol. The van der Waals surface area contributed by atoms with Crippen molar-refractivity contribution in [2.24, 2.45) is 0 Å². The van der Waals surface area contributed by atoms with Gasteiger partial charge in [-0.2, -0.15) is 0 Å². The molecule has 6 nitrogen and oxygen atoms in total. The number of rotatable bonds is 8. The molecule has 2 aromatic rings. The van der Waals surface area contributed by atoms with E-state index in [1.54, 1.807) is 6.07 Å². The van der Waals surface area contributed by atoms with Crippen LogP contribution in [0.15, 0.2) is 36.5 Å². The number of anilines is 1. The normalized spacial score (nSPS) is 17.1. The molecule has 1 saturated heterocycles. The highest BCUT2D eigenvalue weighted by Gasteiger charge is 2.27. The Balaban J connectivity index is 1.59. The number of nitrogens with zero attached hydrogens (tertiary/aromatic N) is 2. The molecule has 1 aromatic heterocycles. The van der Waals surface area contributed by atoms with Gasteiger partial charge in [0.15, 0.2) is 6.61 Å². The number of hydrogen-bond acceptors (Lipinski definition) is 5. The monoisotopic (exact) mass is 439 g/mol. The van der Waals surface area contributed by atoms with Crippen LogP contribution in [0.1, 0.15) is 31.9 Å². The first-order valence-corrected chi connectivity index (χ1v) is 10.1. The lowest BCUT2D eigenvalue weighted by atomic mass is 10.1. The maximum Gasteiger partial charge on any atom is 0.272 e. The zero-order valence-electron chi connectivity index (χ0n) is 16.8. The Morgan fingerprint density at radius 3 is 2.73 bits per heavy atom. The van der Waals surface area contributed by atoms with Gasteiger partial charge in [-0.15, -0.1) is 0 Å². The van der Waals surface area contributed by atoms with Crippen LogP contribution >= 0.6 is 11.6 Å². The number of amides is 1. The molecule has 3 rings (SSSR count). The van der Waals surface area contributed by atoms with Crippen LogP contribution in [-0.2, 0) is 4.79 Å². The van der Waals surface area contributed by atoms with Crippen LogP contribution in [-0.4, -0.2) is 43.1 Å². The van der Waals surface area contributed by atoms with Gasteiger partial charge in [0.2, 0.25) is 11.8 Å². The first-order chi connectivity index (χ1) is 14.3. The van der Waals surface area contributed by atoms with Gasteiger partial charge in [-0.1, -0.05) is 23.7 Å². The maximum atomic E-state index is 12.4. The van der Waals surface area contributed by atoms with Gasteiger partial charge in [0.05, 0.1) is 18.3 Å². The standard InChI is InChI=1S/C21H24ClF2N3O3/c1-13(26-14(2)28)15-3-5-16(6-4-15)30-17-8-10-27(11-17)18-7-9-25-21(20(18)22)29-12-19(23)24/h3-7,9,13,17,19H,8,10-12H2,1-2H3,(H,26,28)/t13?,17-/m1/s1. The summed E-state index contributed by atoms with van der Waals surface area (Å²) < 4.78 is 35.9. The number of carbonyl (C=O) groups is 1. The van der Waals surface area contributed by atoms with E-state index >= 15 is 0 Å². The quantitative estimate of drug-likeness (QED) is 0.666. The number of pyridine rings is 1. The van der Waals surface area contributed by atoms with E-state index in [4.69, 9.17) is 21.1 Å². The lowest BCUT2D eigenvalue weighted by Crippen LogP contribution is -2.25. The molecule has 9 heteroatoms.